The van der Waals surface area contributed by atoms with Crippen LogP contribution in [-0.2, 0) is 16.9 Å². The van der Waals surface area contributed by atoms with Crippen molar-refractivity contribution in [2.75, 3.05) is 19.1 Å². The number of nitrogens with zero attached hydrogens (tertiary/aromatic N) is 1. The van der Waals surface area contributed by atoms with E-state index < -0.39 is 23.7 Å². The maximum atomic E-state index is 13.5. The molecule has 1 aliphatic rings. The van der Waals surface area contributed by atoms with Gasteiger partial charge in [-0.3, -0.25) is 9.59 Å². The molecule has 1 heterocycles. The number of ether oxygens (including phenoxy) is 2. The Bertz CT molecular complexity index is 1240. The fraction of sp³-hybridized carbons (Fsp3) is 0.231. The standard InChI is InChI=1S/C26H24ClNO5/c1-16-6-4-5-7-18(16)15-28-21-10-9-19(27)13-20(21)26(31,25(28)30)14-22(29)17-8-11-23(32-2)24(12-17)33-3/h4-13,31H,14-15H2,1-3H3/t26-/m1/s1. The van der Waals surface area contributed by atoms with E-state index in [0.717, 1.165) is 11.1 Å². The average Bonchev–Trinajstić information content (AvgIpc) is 3.01. The van der Waals surface area contributed by atoms with Gasteiger partial charge >= 0.3 is 0 Å². The van der Waals surface area contributed by atoms with Crippen LogP contribution in [0.3, 0.4) is 0 Å². The molecule has 0 aromatic heterocycles. The molecule has 7 heteroatoms. The lowest BCUT2D eigenvalue weighted by atomic mass is 9.88. The van der Waals surface area contributed by atoms with Crippen LogP contribution in [0.5, 0.6) is 11.5 Å². The van der Waals surface area contributed by atoms with Gasteiger partial charge in [0, 0.05) is 16.1 Å². The Hall–Kier alpha value is -3.35. The Morgan fingerprint density at radius 2 is 1.76 bits per heavy atom. The van der Waals surface area contributed by atoms with E-state index in [1.165, 1.54) is 25.2 Å². The first-order chi connectivity index (χ1) is 15.8. The molecule has 1 amide bonds. The van der Waals surface area contributed by atoms with Crippen molar-refractivity contribution in [3.63, 3.8) is 0 Å². The van der Waals surface area contributed by atoms with Gasteiger partial charge in [0.1, 0.15) is 0 Å². The van der Waals surface area contributed by atoms with Crippen LogP contribution in [0.15, 0.2) is 60.7 Å². The highest BCUT2D eigenvalue weighted by Crippen LogP contribution is 2.45. The molecule has 1 N–H and O–H groups in total. The number of anilines is 1. The number of benzene rings is 3. The van der Waals surface area contributed by atoms with Crippen LogP contribution in [-0.4, -0.2) is 31.0 Å². The van der Waals surface area contributed by atoms with Gasteiger partial charge in [0.2, 0.25) is 0 Å². The highest BCUT2D eigenvalue weighted by Gasteiger charge is 2.51. The molecule has 3 aromatic carbocycles. The number of ketones is 1. The molecule has 1 aliphatic heterocycles. The van der Waals surface area contributed by atoms with Crippen LogP contribution in [0.25, 0.3) is 0 Å². The Labute approximate surface area is 197 Å². The first kappa shape index (κ1) is 22.8. The van der Waals surface area contributed by atoms with E-state index in [2.05, 4.69) is 0 Å². The summed E-state index contributed by atoms with van der Waals surface area (Å²) >= 11 is 6.20. The molecule has 0 fully saturated rings. The molecule has 0 unspecified atom stereocenters. The van der Waals surface area contributed by atoms with E-state index in [4.69, 9.17) is 21.1 Å². The minimum atomic E-state index is -2.03. The number of amides is 1. The van der Waals surface area contributed by atoms with E-state index >= 15 is 0 Å². The minimum absolute atomic E-state index is 0.271. The molecule has 6 nitrogen and oxygen atoms in total. The smallest absolute Gasteiger partial charge is 0.264 e. The van der Waals surface area contributed by atoms with Crippen molar-refractivity contribution in [1.29, 1.82) is 0 Å². The number of aryl methyl sites for hydroxylation is 1. The Morgan fingerprint density at radius 3 is 2.45 bits per heavy atom. The number of Topliss-reactive ketones (excluding diaryl/α,β-unsaturated/α-hetero) is 1. The van der Waals surface area contributed by atoms with Gasteiger partial charge in [-0.15, -0.1) is 0 Å². The minimum Gasteiger partial charge on any atom is -0.493 e. The van der Waals surface area contributed by atoms with Crippen LogP contribution < -0.4 is 14.4 Å². The van der Waals surface area contributed by atoms with Crippen molar-refractivity contribution >= 4 is 29.0 Å². The van der Waals surface area contributed by atoms with Crippen LogP contribution in [0.1, 0.15) is 33.5 Å². The zero-order chi connectivity index (χ0) is 23.8. The SMILES string of the molecule is COc1ccc(C(=O)C[C@]2(O)C(=O)N(Cc3ccccc3C)c3ccc(Cl)cc32)cc1OC. The van der Waals surface area contributed by atoms with Crippen molar-refractivity contribution in [2.45, 2.75) is 25.5 Å². The fourth-order valence-electron chi connectivity index (χ4n) is 4.15. The van der Waals surface area contributed by atoms with Gasteiger partial charge in [-0.1, -0.05) is 35.9 Å². The second-order valence-electron chi connectivity index (χ2n) is 8.01. The monoisotopic (exact) mass is 465 g/mol. The molecule has 0 radical (unpaired) electrons. The summed E-state index contributed by atoms with van der Waals surface area (Å²) in [4.78, 5) is 28.2. The summed E-state index contributed by atoms with van der Waals surface area (Å²) in [7, 11) is 2.98. The molecular weight excluding hydrogens is 442 g/mol. The Balaban J connectivity index is 1.70. The highest BCUT2D eigenvalue weighted by molar-refractivity contribution is 6.31. The largest absolute Gasteiger partial charge is 0.493 e. The number of fused-ring (bicyclic) bond motifs is 1. The molecule has 1 atom stereocenters. The normalized spacial score (nSPS) is 17.1. The van der Waals surface area contributed by atoms with Gasteiger partial charge in [0.25, 0.3) is 5.91 Å². The Morgan fingerprint density at radius 1 is 1.03 bits per heavy atom. The second kappa shape index (κ2) is 8.89. The number of aliphatic hydroxyl groups is 1. The van der Waals surface area contributed by atoms with E-state index in [1.807, 2.05) is 31.2 Å². The average molecular weight is 466 g/mol. The van der Waals surface area contributed by atoms with Gasteiger partial charge in [-0.05, 0) is 54.4 Å². The third kappa shape index (κ3) is 4.08. The summed E-state index contributed by atoms with van der Waals surface area (Å²) in [6, 6.07) is 17.4. The summed E-state index contributed by atoms with van der Waals surface area (Å²) in [6.45, 7) is 2.23. The maximum absolute atomic E-state index is 13.5. The second-order valence-corrected chi connectivity index (χ2v) is 8.45. The van der Waals surface area contributed by atoms with E-state index in [1.54, 1.807) is 30.3 Å². The molecule has 0 bridgehead atoms. The highest BCUT2D eigenvalue weighted by atomic mass is 35.5. The van der Waals surface area contributed by atoms with Crippen molar-refractivity contribution in [3.05, 3.63) is 87.9 Å². The maximum Gasteiger partial charge on any atom is 0.264 e. The zero-order valence-electron chi connectivity index (χ0n) is 18.6. The quantitative estimate of drug-likeness (QED) is 0.513. The van der Waals surface area contributed by atoms with E-state index in [-0.39, 0.29) is 6.54 Å². The number of carbonyl (C=O) groups excluding carboxylic acids is 2. The number of hydrogen-bond acceptors (Lipinski definition) is 5. The van der Waals surface area contributed by atoms with Gasteiger partial charge in [-0.2, -0.15) is 0 Å². The Kier molecular flexibility index (Phi) is 6.15. The van der Waals surface area contributed by atoms with Gasteiger partial charge in [0.15, 0.2) is 22.9 Å². The lowest BCUT2D eigenvalue weighted by Gasteiger charge is -2.23. The fourth-order valence-corrected chi connectivity index (χ4v) is 4.32. The van der Waals surface area contributed by atoms with Crippen LogP contribution in [0.4, 0.5) is 5.69 Å². The van der Waals surface area contributed by atoms with Crippen LogP contribution in [0.2, 0.25) is 5.02 Å². The van der Waals surface area contributed by atoms with E-state index in [9.17, 15) is 14.7 Å². The first-order valence-corrected chi connectivity index (χ1v) is 10.8. The lowest BCUT2D eigenvalue weighted by molar-refractivity contribution is -0.136. The molecule has 0 aliphatic carbocycles. The van der Waals surface area contributed by atoms with Crippen molar-refractivity contribution in [3.8, 4) is 11.5 Å². The predicted molar refractivity (Wildman–Crippen MR) is 126 cm³/mol. The summed E-state index contributed by atoms with van der Waals surface area (Å²) in [5, 5.41) is 12.0. The molecule has 4 rings (SSSR count). The van der Waals surface area contributed by atoms with Crippen molar-refractivity contribution in [2.24, 2.45) is 0 Å². The lowest BCUT2D eigenvalue weighted by Crippen LogP contribution is -2.41. The number of halogens is 1. The summed E-state index contributed by atoms with van der Waals surface area (Å²) in [5.74, 6) is -0.101. The summed E-state index contributed by atoms with van der Waals surface area (Å²) in [5.41, 5.74) is 1.10. The number of carbonyl (C=O) groups is 2. The molecule has 0 spiro atoms. The zero-order valence-corrected chi connectivity index (χ0v) is 19.3. The van der Waals surface area contributed by atoms with E-state index in [0.29, 0.717) is 33.3 Å². The molecule has 0 saturated heterocycles. The summed E-state index contributed by atoms with van der Waals surface area (Å²) < 4.78 is 10.5. The van der Waals surface area contributed by atoms with Crippen LogP contribution >= 0.6 is 11.6 Å². The number of rotatable bonds is 7. The molecule has 170 valence electrons. The third-order valence-electron chi connectivity index (χ3n) is 6.01. The van der Waals surface area contributed by atoms with Gasteiger partial charge < -0.3 is 19.5 Å². The van der Waals surface area contributed by atoms with Crippen LogP contribution in [0, 0.1) is 6.92 Å². The van der Waals surface area contributed by atoms with Gasteiger partial charge in [0.05, 0.1) is 32.9 Å². The predicted octanol–water partition coefficient (Wildman–Crippen LogP) is 4.67. The van der Waals surface area contributed by atoms with Crippen molar-refractivity contribution < 1.29 is 24.2 Å². The van der Waals surface area contributed by atoms with Crippen molar-refractivity contribution in [1.82, 2.24) is 0 Å². The first-order valence-electron chi connectivity index (χ1n) is 10.4. The molecule has 33 heavy (non-hydrogen) atoms. The molecule has 3 aromatic rings. The number of hydrogen-bond donors (Lipinski definition) is 1. The topological polar surface area (TPSA) is 76.1 Å². The summed E-state index contributed by atoms with van der Waals surface area (Å²) in [6.07, 6.45) is -0.432. The molecular formula is C26H24ClNO5. The third-order valence-corrected chi connectivity index (χ3v) is 6.24. The van der Waals surface area contributed by atoms with Gasteiger partial charge in [-0.25, -0.2) is 0 Å². The molecule has 0 saturated carbocycles. The number of methoxy groups -OCH3 is 2.